The van der Waals surface area contributed by atoms with Crippen LogP contribution in [0.2, 0.25) is 5.02 Å². The predicted octanol–water partition coefficient (Wildman–Crippen LogP) is 6.59. The van der Waals surface area contributed by atoms with Crippen LogP contribution in [-0.2, 0) is 13.6 Å². The molecule has 1 aromatic heterocycles. The van der Waals surface area contributed by atoms with Crippen LogP contribution in [0.5, 0.6) is 17.4 Å². The lowest BCUT2D eigenvalue weighted by molar-refractivity contribution is 0.0689. The number of methoxy groups -OCH3 is 1. The van der Waals surface area contributed by atoms with Gasteiger partial charge in [-0.25, -0.2) is 4.68 Å². The molecule has 0 saturated carbocycles. The van der Waals surface area contributed by atoms with Gasteiger partial charge < -0.3 is 14.4 Å². The maximum Gasteiger partial charge on any atom is 0.255 e. The summed E-state index contributed by atoms with van der Waals surface area (Å²) in [6, 6.07) is 24.3. The van der Waals surface area contributed by atoms with Crippen molar-refractivity contribution >= 4 is 17.5 Å². The van der Waals surface area contributed by atoms with E-state index in [1.165, 1.54) is 0 Å². The molecule has 0 aliphatic rings. The Kier molecular flexibility index (Phi) is 7.42. The first-order chi connectivity index (χ1) is 16.9. The third-order valence-electron chi connectivity index (χ3n) is 5.73. The lowest BCUT2D eigenvalue weighted by Gasteiger charge is -2.27. The molecule has 0 atom stereocenters. The highest BCUT2D eigenvalue weighted by Gasteiger charge is 2.27. The van der Waals surface area contributed by atoms with Crippen LogP contribution in [-0.4, -0.2) is 33.7 Å². The Labute approximate surface area is 210 Å². The zero-order valence-corrected chi connectivity index (χ0v) is 21.0. The van der Waals surface area contributed by atoms with E-state index in [2.05, 4.69) is 0 Å². The van der Waals surface area contributed by atoms with E-state index in [0.29, 0.717) is 28.0 Å². The number of hydrogen-bond acceptors (Lipinski definition) is 4. The van der Waals surface area contributed by atoms with Crippen LogP contribution in [0.4, 0.5) is 0 Å². The van der Waals surface area contributed by atoms with Crippen molar-refractivity contribution in [3.05, 3.63) is 95.0 Å². The number of rotatable bonds is 8. The van der Waals surface area contributed by atoms with Gasteiger partial charge in [-0.2, -0.15) is 5.10 Å². The van der Waals surface area contributed by atoms with E-state index in [0.717, 1.165) is 16.8 Å². The summed E-state index contributed by atoms with van der Waals surface area (Å²) in [5, 5.41) is 5.20. The second-order valence-electron chi connectivity index (χ2n) is 8.38. The summed E-state index contributed by atoms with van der Waals surface area (Å²) in [5.74, 6) is 1.55. The summed E-state index contributed by atoms with van der Waals surface area (Å²) >= 11 is 6.37. The Morgan fingerprint density at radius 2 is 1.60 bits per heavy atom. The number of hydrogen-bond donors (Lipinski definition) is 0. The first-order valence-corrected chi connectivity index (χ1v) is 11.8. The molecule has 7 heteroatoms. The van der Waals surface area contributed by atoms with E-state index >= 15 is 0 Å². The second-order valence-corrected chi connectivity index (χ2v) is 8.79. The molecule has 0 radical (unpaired) electrons. The fraction of sp³-hybridized carbons (Fsp3) is 0.214. The number of ether oxygens (including phenoxy) is 2. The average Bonchev–Trinajstić information content (AvgIpc) is 3.17. The average molecular weight is 490 g/mol. The van der Waals surface area contributed by atoms with Crippen molar-refractivity contribution in [2.75, 3.05) is 7.11 Å². The molecule has 0 fully saturated rings. The monoisotopic (exact) mass is 489 g/mol. The van der Waals surface area contributed by atoms with Crippen molar-refractivity contribution in [2.24, 2.45) is 7.05 Å². The van der Waals surface area contributed by atoms with Crippen LogP contribution in [0.1, 0.15) is 29.8 Å². The van der Waals surface area contributed by atoms with Crippen molar-refractivity contribution < 1.29 is 14.3 Å². The number of carbonyl (C=O) groups excluding carboxylic acids is 1. The van der Waals surface area contributed by atoms with E-state index < -0.39 is 0 Å². The van der Waals surface area contributed by atoms with E-state index in [4.69, 9.17) is 26.2 Å². The van der Waals surface area contributed by atoms with E-state index in [1.54, 1.807) is 28.8 Å². The predicted molar refractivity (Wildman–Crippen MR) is 138 cm³/mol. The molecule has 4 aromatic rings. The van der Waals surface area contributed by atoms with Crippen molar-refractivity contribution in [2.45, 2.75) is 26.4 Å². The molecule has 35 heavy (non-hydrogen) atoms. The third-order valence-corrected chi connectivity index (χ3v) is 6.06. The number of nitrogens with zero attached hydrogens (tertiary/aromatic N) is 3. The smallest absolute Gasteiger partial charge is 0.255 e. The fourth-order valence-electron chi connectivity index (χ4n) is 3.91. The van der Waals surface area contributed by atoms with Crippen molar-refractivity contribution in [1.82, 2.24) is 14.7 Å². The standard InChI is InChI=1S/C28H28ClN3O3/c1-19(2)32(27(33)21-14-8-9-15-23(21)29)18-22-26(20-12-6-5-7-13-20)30-31(3)28(22)35-25-17-11-10-16-24(25)34-4/h5-17,19H,18H2,1-4H3. The molecule has 4 rings (SSSR count). The SMILES string of the molecule is COc1ccccc1Oc1c(CN(C(=O)c2ccccc2Cl)C(C)C)c(-c2ccccc2)nn1C. The zero-order chi connectivity index (χ0) is 24.9. The highest BCUT2D eigenvalue weighted by Crippen LogP contribution is 2.37. The largest absolute Gasteiger partial charge is 0.493 e. The van der Waals surface area contributed by atoms with Gasteiger partial charge in [-0.15, -0.1) is 0 Å². The van der Waals surface area contributed by atoms with Crippen LogP contribution in [0.25, 0.3) is 11.3 Å². The Morgan fingerprint density at radius 3 is 2.26 bits per heavy atom. The Morgan fingerprint density at radius 1 is 0.971 bits per heavy atom. The molecule has 0 aliphatic carbocycles. The summed E-state index contributed by atoms with van der Waals surface area (Å²) in [6.45, 7) is 4.24. The number of aromatic nitrogens is 2. The maximum atomic E-state index is 13.6. The van der Waals surface area contributed by atoms with E-state index in [-0.39, 0.29) is 18.5 Å². The number of amides is 1. The van der Waals surface area contributed by atoms with Gasteiger partial charge in [0.05, 0.1) is 29.8 Å². The van der Waals surface area contributed by atoms with Crippen LogP contribution < -0.4 is 9.47 Å². The molecular weight excluding hydrogens is 462 g/mol. The number of benzene rings is 3. The molecule has 0 saturated heterocycles. The van der Waals surface area contributed by atoms with Crippen LogP contribution in [0, 0.1) is 0 Å². The van der Waals surface area contributed by atoms with Gasteiger partial charge in [-0.3, -0.25) is 4.79 Å². The van der Waals surface area contributed by atoms with Crippen LogP contribution in [0.15, 0.2) is 78.9 Å². The quantitative estimate of drug-likeness (QED) is 0.280. The second kappa shape index (κ2) is 10.7. The lowest BCUT2D eigenvalue weighted by atomic mass is 10.1. The normalized spacial score (nSPS) is 10.9. The topological polar surface area (TPSA) is 56.6 Å². The zero-order valence-electron chi connectivity index (χ0n) is 20.2. The van der Waals surface area contributed by atoms with Gasteiger partial charge in [0.1, 0.15) is 5.69 Å². The summed E-state index contributed by atoms with van der Waals surface area (Å²) < 4.78 is 13.5. The summed E-state index contributed by atoms with van der Waals surface area (Å²) in [6.07, 6.45) is 0. The molecule has 0 unspecified atom stereocenters. The van der Waals surface area contributed by atoms with Crippen molar-refractivity contribution in [1.29, 1.82) is 0 Å². The van der Waals surface area contributed by atoms with Gasteiger partial charge in [0.25, 0.3) is 5.91 Å². The summed E-state index contributed by atoms with van der Waals surface area (Å²) in [7, 11) is 3.43. The van der Waals surface area contributed by atoms with Gasteiger partial charge >= 0.3 is 0 Å². The maximum absolute atomic E-state index is 13.6. The lowest BCUT2D eigenvalue weighted by Crippen LogP contribution is -2.36. The molecule has 6 nitrogen and oxygen atoms in total. The van der Waals surface area contributed by atoms with Crippen LogP contribution in [0.3, 0.4) is 0 Å². The number of carbonyl (C=O) groups is 1. The first-order valence-electron chi connectivity index (χ1n) is 11.4. The molecule has 0 N–H and O–H groups in total. The minimum Gasteiger partial charge on any atom is -0.493 e. The van der Waals surface area contributed by atoms with Gasteiger partial charge in [0.15, 0.2) is 11.5 Å². The Bertz CT molecular complexity index is 1320. The molecule has 1 heterocycles. The fourth-order valence-corrected chi connectivity index (χ4v) is 4.12. The minimum atomic E-state index is -0.156. The molecular formula is C28H28ClN3O3. The molecule has 3 aromatic carbocycles. The summed E-state index contributed by atoms with van der Waals surface area (Å²) in [4.78, 5) is 15.4. The highest BCUT2D eigenvalue weighted by molar-refractivity contribution is 6.33. The number of aryl methyl sites for hydroxylation is 1. The highest BCUT2D eigenvalue weighted by atomic mass is 35.5. The molecule has 0 aliphatic heterocycles. The Balaban J connectivity index is 1.82. The van der Waals surface area contributed by atoms with Crippen LogP contribution >= 0.6 is 11.6 Å². The third kappa shape index (κ3) is 5.17. The van der Waals surface area contributed by atoms with Gasteiger partial charge in [0.2, 0.25) is 5.88 Å². The van der Waals surface area contributed by atoms with E-state index in [1.807, 2.05) is 87.6 Å². The molecule has 180 valence electrons. The number of halogens is 1. The van der Waals surface area contributed by atoms with Gasteiger partial charge in [-0.05, 0) is 38.1 Å². The molecule has 1 amide bonds. The first kappa shape index (κ1) is 24.4. The van der Waals surface area contributed by atoms with Crippen molar-refractivity contribution in [3.8, 4) is 28.6 Å². The van der Waals surface area contributed by atoms with E-state index in [9.17, 15) is 4.79 Å². The van der Waals surface area contributed by atoms with Gasteiger partial charge in [-0.1, -0.05) is 66.2 Å². The minimum absolute atomic E-state index is 0.0956. The van der Waals surface area contributed by atoms with Gasteiger partial charge in [0, 0.05) is 18.7 Å². The number of para-hydroxylation sites is 2. The molecule has 0 bridgehead atoms. The molecule has 0 spiro atoms. The van der Waals surface area contributed by atoms with Crippen molar-refractivity contribution in [3.63, 3.8) is 0 Å². The summed E-state index contributed by atoms with van der Waals surface area (Å²) in [5.41, 5.74) is 2.93. The Hall–Kier alpha value is -3.77.